The van der Waals surface area contributed by atoms with E-state index in [9.17, 15) is 15.8 Å². The lowest BCUT2D eigenvalue weighted by Crippen LogP contribution is -2.47. The minimum atomic E-state index is -1.58. The van der Waals surface area contributed by atoms with Crippen molar-refractivity contribution in [1.29, 1.82) is 15.8 Å². The molecule has 0 unspecified atom stereocenters. The molecular weight excluding hydrogens is 370 g/mol. The maximum Gasteiger partial charge on any atom is 0.191 e. The van der Waals surface area contributed by atoms with Gasteiger partial charge in [0.2, 0.25) is 0 Å². The molecular formula is C25H21N5. The zero-order valence-electron chi connectivity index (χ0n) is 16.7. The fraction of sp³-hybridized carbons (Fsp3) is 0.240. The lowest BCUT2D eigenvalue weighted by molar-refractivity contribution is 0.237. The number of rotatable bonds is 2. The minimum absolute atomic E-state index is 0.0687. The maximum absolute atomic E-state index is 10.1. The summed E-state index contributed by atoms with van der Waals surface area (Å²) in [4.78, 5) is 2.13. The van der Waals surface area contributed by atoms with Crippen LogP contribution in [-0.4, -0.2) is 25.0 Å². The van der Waals surface area contributed by atoms with Crippen molar-refractivity contribution in [2.75, 3.05) is 20.1 Å². The van der Waals surface area contributed by atoms with Crippen molar-refractivity contribution in [3.8, 4) is 29.3 Å². The van der Waals surface area contributed by atoms with Crippen molar-refractivity contribution in [3.63, 3.8) is 0 Å². The second-order valence-electron chi connectivity index (χ2n) is 7.88. The molecule has 2 aromatic rings. The Kier molecular flexibility index (Phi) is 4.88. The zero-order valence-corrected chi connectivity index (χ0v) is 16.7. The molecule has 30 heavy (non-hydrogen) atoms. The van der Waals surface area contributed by atoms with E-state index in [-0.39, 0.29) is 17.2 Å². The van der Waals surface area contributed by atoms with Crippen LogP contribution in [0.15, 0.2) is 77.5 Å². The predicted octanol–water partition coefficient (Wildman–Crippen LogP) is 3.71. The van der Waals surface area contributed by atoms with Gasteiger partial charge in [-0.2, -0.15) is 15.8 Å². The fourth-order valence-corrected chi connectivity index (χ4v) is 4.71. The number of likely N-dealkylation sites (N-methyl/N-ethyl adjacent to an activating group) is 1. The zero-order chi connectivity index (χ0) is 21.3. The summed E-state index contributed by atoms with van der Waals surface area (Å²) in [7, 11) is 2.00. The number of allylic oxidation sites excluding steroid dienone is 2. The monoisotopic (exact) mass is 391 g/mol. The third kappa shape index (κ3) is 2.87. The SMILES string of the molecule is CN1CC=C2C(C#N)=C(N)C(C#N)(C#N)[C@@H](c3ccc(-c4ccccc4)cc3)[C@@H]2C1. The third-order valence-electron chi connectivity index (χ3n) is 6.22. The Bertz CT molecular complexity index is 1140. The highest BCUT2D eigenvalue weighted by molar-refractivity contribution is 5.65. The molecule has 0 fully saturated rings. The molecule has 0 amide bonds. The topological polar surface area (TPSA) is 101 Å². The van der Waals surface area contributed by atoms with Gasteiger partial charge in [-0.15, -0.1) is 0 Å². The summed E-state index contributed by atoms with van der Waals surface area (Å²) in [6, 6.07) is 24.6. The van der Waals surface area contributed by atoms with Crippen LogP contribution in [0.25, 0.3) is 11.1 Å². The Morgan fingerprint density at radius 2 is 1.60 bits per heavy atom. The van der Waals surface area contributed by atoms with Crippen LogP contribution >= 0.6 is 0 Å². The summed E-state index contributed by atoms with van der Waals surface area (Å²) >= 11 is 0. The highest BCUT2D eigenvalue weighted by Gasteiger charge is 2.54. The molecule has 0 spiro atoms. The normalized spacial score (nSPS) is 22.8. The Balaban J connectivity index is 1.89. The Labute approximate surface area is 176 Å². The van der Waals surface area contributed by atoms with Crippen LogP contribution in [-0.2, 0) is 0 Å². The molecule has 0 aromatic heterocycles. The molecule has 4 rings (SSSR count). The predicted molar refractivity (Wildman–Crippen MR) is 114 cm³/mol. The molecule has 1 aliphatic carbocycles. The van der Waals surface area contributed by atoms with Gasteiger partial charge in [-0.05, 0) is 29.3 Å². The van der Waals surface area contributed by atoms with Gasteiger partial charge in [0, 0.05) is 24.9 Å². The third-order valence-corrected chi connectivity index (χ3v) is 6.22. The average molecular weight is 391 g/mol. The standard InChI is InChI=1S/C25H21N5/c1-30-12-11-20-21(13-26)24(29)25(15-27,16-28)23(22(20)14-30)19-9-7-18(8-10-19)17-5-3-2-4-6-17/h2-11,22-23H,12,14,29H2,1H3/t22-,23+/m1/s1. The Morgan fingerprint density at radius 3 is 2.20 bits per heavy atom. The molecule has 5 heteroatoms. The van der Waals surface area contributed by atoms with E-state index in [1.165, 1.54) is 0 Å². The van der Waals surface area contributed by atoms with Crippen LogP contribution in [0.2, 0.25) is 0 Å². The highest BCUT2D eigenvalue weighted by Crippen LogP contribution is 2.54. The summed E-state index contributed by atoms with van der Waals surface area (Å²) in [6.07, 6.45) is 2.00. The molecule has 2 N–H and O–H groups in total. The van der Waals surface area contributed by atoms with E-state index in [2.05, 4.69) is 23.1 Å². The van der Waals surface area contributed by atoms with E-state index < -0.39 is 11.3 Å². The number of nitrogens with zero attached hydrogens (tertiary/aromatic N) is 4. The first kappa shape index (κ1) is 19.5. The number of fused-ring (bicyclic) bond motifs is 1. The van der Waals surface area contributed by atoms with Crippen molar-refractivity contribution in [2.24, 2.45) is 17.1 Å². The Hall–Kier alpha value is -3.85. The van der Waals surface area contributed by atoms with Crippen LogP contribution in [0.5, 0.6) is 0 Å². The van der Waals surface area contributed by atoms with Gasteiger partial charge >= 0.3 is 0 Å². The van der Waals surface area contributed by atoms with Crippen molar-refractivity contribution >= 4 is 0 Å². The molecule has 5 nitrogen and oxygen atoms in total. The molecule has 146 valence electrons. The molecule has 0 radical (unpaired) electrons. The molecule has 2 atom stereocenters. The summed E-state index contributed by atoms with van der Waals surface area (Å²) < 4.78 is 0. The average Bonchev–Trinajstić information content (AvgIpc) is 2.79. The van der Waals surface area contributed by atoms with Gasteiger partial charge in [0.25, 0.3) is 0 Å². The number of hydrogen-bond acceptors (Lipinski definition) is 5. The van der Waals surface area contributed by atoms with Crippen LogP contribution in [0.3, 0.4) is 0 Å². The lowest BCUT2D eigenvalue weighted by atomic mass is 9.58. The maximum atomic E-state index is 10.1. The molecule has 2 aliphatic rings. The van der Waals surface area contributed by atoms with Crippen LogP contribution in [0, 0.1) is 45.3 Å². The lowest BCUT2D eigenvalue weighted by Gasteiger charge is -2.45. The van der Waals surface area contributed by atoms with Gasteiger partial charge in [0.05, 0.1) is 23.4 Å². The smallest absolute Gasteiger partial charge is 0.191 e. The number of nitriles is 3. The summed E-state index contributed by atoms with van der Waals surface area (Å²) in [5.74, 6) is -0.615. The van der Waals surface area contributed by atoms with Gasteiger partial charge < -0.3 is 10.6 Å². The van der Waals surface area contributed by atoms with Crippen molar-refractivity contribution in [2.45, 2.75) is 5.92 Å². The largest absolute Gasteiger partial charge is 0.399 e. The Morgan fingerprint density at radius 1 is 0.967 bits per heavy atom. The number of nitrogens with two attached hydrogens (primary N) is 1. The molecule has 2 aromatic carbocycles. The van der Waals surface area contributed by atoms with Crippen LogP contribution in [0.1, 0.15) is 11.5 Å². The fourth-order valence-electron chi connectivity index (χ4n) is 4.71. The van der Waals surface area contributed by atoms with Gasteiger partial charge in [-0.3, -0.25) is 0 Å². The first-order chi connectivity index (χ1) is 14.6. The summed E-state index contributed by atoms with van der Waals surface area (Å²) in [5.41, 5.74) is 9.00. The van der Waals surface area contributed by atoms with Crippen molar-refractivity contribution < 1.29 is 0 Å². The van der Waals surface area contributed by atoms with E-state index in [0.717, 1.165) is 22.3 Å². The molecule has 1 heterocycles. The molecule has 0 saturated carbocycles. The van der Waals surface area contributed by atoms with Crippen LogP contribution in [0.4, 0.5) is 0 Å². The highest BCUT2D eigenvalue weighted by atomic mass is 15.1. The van der Waals surface area contributed by atoms with E-state index in [4.69, 9.17) is 5.73 Å². The first-order valence-electron chi connectivity index (χ1n) is 9.83. The quantitative estimate of drug-likeness (QED) is 0.841. The van der Waals surface area contributed by atoms with E-state index in [0.29, 0.717) is 13.1 Å². The van der Waals surface area contributed by atoms with Gasteiger partial charge in [-0.1, -0.05) is 60.7 Å². The molecule has 0 bridgehead atoms. The first-order valence-corrected chi connectivity index (χ1v) is 9.83. The minimum Gasteiger partial charge on any atom is -0.399 e. The van der Waals surface area contributed by atoms with E-state index in [1.54, 1.807) is 0 Å². The number of benzene rings is 2. The van der Waals surface area contributed by atoms with Gasteiger partial charge in [0.1, 0.15) is 6.07 Å². The number of hydrogen-bond donors (Lipinski definition) is 1. The van der Waals surface area contributed by atoms with E-state index in [1.807, 2.05) is 67.7 Å². The van der Waals surface area contributed by atoms with Crippen LogP contribution < -0.4 is 5.73 Å². The summed E-state index contributed by atoms with van der Waals surface area (Å²) in [6.45, 7) is 1.36. The van der Waals surface area contributed by atoms with Crippen molar-refractivity contribution in [3.05, 3.63) is 83.1 Å². The van der Waals surface area contributed by atoms with Gasteiger partial charge in [0.15, 0.2) is 5.41 Å². The molecule has 1 aliphatic heterocycles. The second kappa shape index (κ2) is 7.53. The molecule has 0 saturated heterocycles. The van der Waals surface area contributed by atoms with Gasteiger partial charge in [-0.25, -0.2) is 0 Å². The summed E-state index contributed by atoms with van der Waals surface area (Å²) in [5, 5.41) is 30.0. The second-order valence-corrected chi connectivity index (χ2v) is 7.88. The van der Waals surface area contributed by atoms with Crippen molar-refractivity contribution in [1.82, 2.24) is 4.90 Å². The van der Waals surface area contributed by atoms with E-state index >= 15 is 0 Å².